The third kappa shape index (κ3) is 2.31. The van der Waals surface area contributed by atoms with Crippen LogP contribution in [0, 0.1) is 11.8 Å². The van der Waals surface area contributed by atoms with Crippen LogP contribution in [-0.4, -0.2) is 12.1 Å². The molecule has 0 spiro atoms. The predicted molar refractivity (Wildman–Crippen MR) is 60.8 cm³/mol. The number of fused-ring (bicyclic) bond motifs is 1. The van der Waals surface area contributed by atoms with Gasteiger partial charge in [-0.15, -0.1) is 0 Å². The number of rotatable bonds is 0. The van der Waals surface area contributed by atoms with Crippen LogP contribution in [0.25, 0.3) is 0 Å². The van der Waals surface area contributed by atoms with Crippen LogP contribution in [-0.2, 0) is 6.42 Å². The number of hydrogen-bond acceptors (Lipinski definition) is 2. The summed E-state index contributed by atoms with van der Waals surface area (Å²) >= 11 is 0. The lowest BCUT2D eigenvalue weighted by molar-refractivity contribution is 0.254. The van der Waals surface area contributed by atoms with E-state index in [0.717, 1.165) is 17.7 Å². The van der Waals surface area contributed by atoms with Crippen molar-refractivity contribution >= 4 is 0 Å². The van der Waals surface area contributed by atoms with Crippen LogP contribution in [0.1, 0.15) is 25.0 Å². The molecule has 1 heterocycles. The minimum absolute atomic E-state index is 0.0755. The maximum atomic E-state index is 5.61. The quantitative estimate of drug-likeness (QED) is 0.648. The van der Waals surface area contributed by atoms with Gasteiger partial charge in [-0.2, -0.15) is 0 Å². The van der Waals surface area contributed by atoms with E-state index in [1.807, 2.05) is 19.1 Å². The fraction of sp³-hybridized carbons (Fsp3) is 0.385. The molecule has 1 aromatic carbocycles. The zero-order valence-electron chi connectivity index (χ0n) is 9.08. The number of benzene rings is 1. The SMILES string of the molecule is CC(N)C#Cc1ccc2c(c1)CC(C)O2. The minimum Gasteiger partial charge on any atom is -0.490 e. The van der Waals surface area contributed by atoms with Gasteiger partial charge in [-0.3, -0.25) is 0 Å². The summed E-state index contributed by atoms with van der Waals surface area (Å²) in [4.78, 5) is 0. The van der Waals surface area contributed by atoms with Crippen molar-refractivity contribution < 1.29 is 4.74 Å². The van der Waals surface area contributed by atoms with Gasteiger partial charge in [-0.25, -0.2) is 0 Å². The van der Waals surface area contributed by atoms with Gasteiger partial charge < -0.3 is 10.5 Å². The van der Waals surface area contributed by atoms with Gasteiger partial charge in [0.1, 0.15) is 11.9 Å². The van der Waals surface area contributed by atoms with Gasteiger partial charge in [0, 0.05) is 12.0 Å². The van der Waals surface area contributed by atoms with E-state index in [1.54, 1.807) is 0 Å². The van der Waals surface area contributed by atoms with E-state index in [1.165, 1.54) is 5.56 Å². The minimum atomic E-state index is -0.0755. The van der Waals surface area contributed by atoms with Crippen molar-refractivity contribution in [3.8, 4) is 17.6 Å². The Kier molecular flexibility index (Phi) is 2.66. The Balaban J connectivity index is 2.25. The van der Waals surface area contributed by atoms with Crippen molar-refractivity contribution in [1.82, 2.24) is 0 Å². The molecule has 0 saturated carbocycles. The van der Waals surface area contributed by atoms with Crippen LogP contribution in [0.2, 0.25) is 0 Å². The van der Waals surface area contributed by atoms with Crippen LogP contribution >= 0.6 is 0 Å². The summed E-state index contributed by atoms with van der Waals surface area (Å²) in [6, 6.07) is 5.98. The first-order valence-electron chi connectivity index (χ1n) is 5.22. The number of nitrogens with two attached hydrogens (primary N) is 1. The van der Waals surface area contributed by atoms with Crippen molar-refractivity contribution in [3.05, 3.63) is 29.3 Å². The monoisotopic (exact) mass is 201 g/mol. The van der Waals surface area contributed by atoms with Gasteiger partial charge in [-0.05, 0) is 37.6 Å². The third-order valence-corrected chi connectivity index (χ3v) is 2.34. The van der Waals surface area contributed by atoms with E-state index in [9.17, 15) is 0 Å². The molecule has 1 aromatic rings. The van der Waals surface area contributed by atoms with Crippen LogP contribution in [0.3, 0.4) is 0 Å². The lowest BCUT2D eigenvalue weighted by Gasteiger charge is -2.01. The highest BCUT2D eigenvalue weighted by atomic mass is 16.5. The van der Waals surface area contributed by atoms with Gasteiger partial charge in [-0.1, -0.05) is 11.8 Å². The second-order valence-electron chi connectivity index (χ2n) is 4.01. The highest BCUT2D eigenvalue weighted by molar-refractivity contribution is 5.46. The van der Waals surface area contributed by atoms with Gasteiger partial charge in [0.05, 0.1) is 6.04 Å². The molecule has 2 rings (SSSR count). The van der Waals surface area contributed by atoms with Crippen molar-refractivity contribution in [2.75, 3.05) is 0 Å². The topological polar surface area (TPSA) is 35.2 Å². The molecule has 2 nitrogen and oxygen atoms in total. The Morgan fingerprint density at radius 2 is 2.33 bits per heavy atom. The van der Waals surface area contributed by atoms with E-state index in [4.69, 9.17) is 10.5 Å². The Labute approximate surface area is 90.4 Å². The summed E-state index contributed by atoms with van der Waals surface area (Å²) in [5.74, 6) is 7.00. The maximum absolute atomic E-state index is 5.61. The van der Waals surface area contributed by atoms with Crippen LogP contribution in [0.15, 0.2) is 18.2 Å². The lowest BCUT2D eigenvalue weighted by atomic mass is 10.1. The molecule has 0 fully saturated rings. The average Bonchev–Trinajstić information content (AvgIpc) is 2.53. The molecule has 1 aliphatic heterocycles. The highest BCUT2D eigenvalue weighted by Gasteiger charge is 2.18. The first-order valence-corrected chi connectivity index (χ1v) is 5.22. The van der Waals surface area contributed by atoms with Crippen molar-refractivity contribution in [1.29, 1.82) is 0 Å². The normalized spacial score (nSPS) is 19.8. The van der Waals surface area contributed by atoms with Crippen molar-refractivity contribution in [2.45, 2.75) is 32.4 Å². The molecular weight excluding hydrogens is 186 g/mol. The number of hydrogen-bond donors (Lipinski definition) is 1. The lowest BCUT2D eigenvalue weighted by Crippen LogP contribution is -2.10. The predicted octanol–water partition coefficient (Wildman–Crippen LogP) is 1.71. The summed E-state index contributed by atoms with van der Waals surface area (Å²) in [6.07, 6.45) is 1.26. The molecular formula is C13H15NO. The molecule has 0 radical (unpaired) electrons. The van der Waals surface area contributed by atoms with Crippen LogP contribution < -0.4 is 10.5 Å². The summed E-state index contributed by atoms with van der Waals surface area (Å²) < 4.78 is 5.61. The standard InChI is InChI=1S/C13H15NO/c1-9(14)3-4-11-5-6-13-12(8-11)7-10(2)15-13/h5-6,8-10H,7,14H2,1-2H3. The van der Waals surface area contributed by atoms with Crippen molar-refractivity contribution in [3.63, 3.8) is 0 Å². The summed E-state index contributed by atoms with van der Waals surface area (Å²) in [6.45, 7) is 3.96. The van der Waals surface area contributed by atoms with E-state index in [-0.39, 0.29) is 12.1 Å². The van der Waals surface area contributed by atoms with Crippen LogP contribution in [0.4, 0.5) is 0 Å². The fourth-order valence-corrected chi connectivity index (χ4v) is 1.70. The zero-order chi connectivity index (χ0) is 10.8. The molecule has 0 bridgehead atoms. The summed E-state index contributed by atoms with van der Waals surface area (Å²) in [5, 5.41) is 0. The summed E-state index contributed by atoms with van der Waals surface area (Å²) in [7, 11) is 0. The second kappa shape index (κ2) is 3.96. The largest absolute Gasteiger partial charge is 0.490 e. The molecule has 78 valence electrons. The van der Waals surface area contributed by atoms with Crippen molar-refractivity contribution in [2.24, 2.45) is 5.73 Å². The molecule has 2 atom stereocenters. The Morgan fingerprint density at radius 3 is 3.07 bits per heavy atom. The number of ether oxygens (including phenoxy) is 1. The first kappa shape index (κ1) is 10.1. The Morgan fingerprint density at radius 1 is 1.53 bits per heavy atom. The van der Waals surface area contributed by atoms with E-state index in [2.05, 4.69) is 24.8 Å². The molecule has 1 aliphatic rings. The second-order valence-corrected chi connectivity index (χ2v) is 4.01. The van der Waals surface area contributed by atoms with Gasteiger partial charge in [0.2, 0.25) is 0 Å². The molecule has 0 amide bonds. The Hall–Kier alpha value is -1.46. The van der Waals surface area contributed by atoms with E-state index in [0.29, 0.717) is 0 Å². The first-order chi connectivity index (χ1) is 7.15. The zero-order valence-corrected chi connectivity index (χ0v) is 9.08. The molecule has 0 saturated heterocycles. The van der Waals surface area contributed by atoms with Gasteiger partial charge in [0.25, 0.3) is 0 Å². The average molecular weight is 201 g/mol. The molecule has 15 heavy (non-hydrogen) atoms. The van der Waals surface area contributed by atoms with Gasteiger partial charge in [0.15, 0.2) is 0 Å². The molecule has 2 heteroatoms. The molecule has 0 aromatic heterocycles. The molecule has 2 N–H and O–H groups in total. The molecule has 2 unspecified atom stereocenters. The summed E-state index contributed by atoms with van der Waals surface area (Å²) in [5.41, 5.74) is 7.84. The maximum Gasteiger partial charge on any atom is 0.123 e. The van der Waals surface area contributed by atoms with Crippen LogP contribution in [0.5, 0.6) is 5.75 Å². The highest BCUT2D eigenvalue weighted by Crippen LogP contribution is 2.28. The Bertz CT molecular complexity index is 426. The third-order valence-electron chi connectivity index (χ3n) is 2.34. The van der Waals surface area contributed by atoms with E-state index < -0.39 is 0 Å². The smallest absolute Gasteiger partial charge is 0.123 e. The van der Waals surface area contributed by atoms with Gasteiger partial charge >= 0.3 is 0 Å². The van der Waals surface area contributed by atoms with E-state index >= 15 is 0 Å². The fourth-order valence-electron chi connectivity index (χ4n) is 1.70. The molecule has 0 aliphatic carbocycles.